The number of fused-ring (bicyclic) bond motifs is 1. The van der Waals surface area contributed by atoms with Crippen molar-refractivity contribution in [2.75, 3.05) is 29.0 Å². The Morgan fingerprint density at radius 3 is 2.91 bits per heavy atom. The summed E-state index contributed by atoms with van der Waals surface area (Å²) in [5.41, 5.74) is 15.9. The lowest BCUT2D eigenvalue weighted by Crippen LogP contribution is -2.57. The normalized spacial score (nSPS) is 23.1. The highest BCUT2D eigenvalue weighted by molar-refractivity contribution is 6.15. The molecule has 0 bridgehead atoms. The van der Waals surface area contributed by atoms with Crippen LogP contribution >= 0.6 is 0 Å². The first kappa shape index (κ1) is 21.7. The molecule has 2 aliphatic rings. The van der Waals surface area contributed by atoms with Crippen molar-refractivity contribution < 1.29 is 14.3 Å². The van der Waals surface area contributed by atoms with E-state index in [1.165, 1.54) is 0 Å². The number of nitrogens with zero attached hydrogens (tertiary/aromatic N) is 3. The monoisotopic (exact) mass is 450 g/mol. The Balaban J connectivity index is 1.42. The molecule has 1 unspecified atom stereocenters. The molecule has 1 amide bonds. The third-order valence-corrected chi connectivity index (χ3v) is 6.73. The van der Waals surface area contributed by atoms with E-state index in [0.29, 0.717) is 35.8 Å². The lowest BCUT2D eigenvalue weighted by molar-refractivity contribution is 0.0594. The van der Waals surface area contributed by atoms with Crippen LogP contribution < -0.4 is 21.7 Å². The zero-order chi connectivity index (χ0) is 23.1. The Labute approximate surface area is 192 Å². The highest BCUT2D eigenvalue weighted by Crippen LogP contribution is 2.42. The van der Waals surface area contributed by atoms with Crippen LogP contribution in [0.5, 0.6) is 0 Å². The summed E-state index contributed by atoms with van der Waals surface area (Å²) in [6.45, 7) is 3.27. The molecule has 6 N–H and O–H groups in total. The Bertz CT molecular complexity index is 1170. The topological polar surface area (TPSA) is 144 Å². The smallest absolute Gasteiger partial charge is 0.263 e. The van der Waals surface area contributed by atoms with Gasteiger partial charge in [-0.1, -0.05) is 13.3 Å². The van der Waals surface area contributed by atoms with Crippen molar-refractivity contribution >= 4 is 34.3 Å². The molecule has 33 heavy (non-hydrogen) atoms. The van der Waals surface area contributed by atoms with Gasteiger partial charge in [0, 0.05) is 37.4 Å². The van der Waals surface area contributed by atoms with Crippen molar-refractivity contribution in [2.45, 2.75) is 44.8 Å². The van der Waals surface area contributed by atoms with Gasteiger partial charge in [-0.05, 0) is 42.9 Å². The van der Waals surface area contributed by atoms with E-state index in [4.69, 9.17) is 15.9 Å². The van der Waals surface area contributed by atoms with Crippen molar-refractivity contribution in [3.05, 3.63) is 41.9 Å². The second kappa shape index (κ2) is 8.64. The van der Waals surface area contributed by atoms with Gasteiger partial charge in [0.2, 0.25) is 5.88 Å². The second-order valence-corrected chi connectivity index (χ2v) is 9.19. The van der Waals surface area contributed by atoms with Gasteiger partial charge in [-0.2, -0.15) is 0 Å². The molecule has 5 rings (SSSR count). The standard InChI is InChI=1S/C24H30N6O3/c1-2-3-13-8-19-21(28-9-13)20(23(26)33-19)24(32)29-17-10-27-7-6-18(17)30-11-15(14-4-5-14)22(31)16(25)12-30/h6-10,14-16,22,31H,2-5,11-12,25-26H2,1H3,(H,29,32)/t15?,16-,22-/m1/s1. The molecular weight excluding hydrogens is 420 g/mol. The van der Waals surface area contributed by atoms with Crippen LogP contribution in [0.2, 0.25) is 0 Å². The van der Waals surface area contributed by atoms with Crippen molar-refractivity contribution in [1.82, 2.24) is 9.97 Å². The van der Waals surface area contributed by atoms with Crippen LogP contribution in [0.25, 0.3) is 11.1 Å². The highest BCUT2D eigenvalue weighted by atomic mass is 16.3. The maximum Gasteiger partial charge on any atom is 0.263 e. The van der Waals surface area contributed by atoms with E-state index < -0.39 is 12.0 Å². The maximum absolute atomic E-state index is 13.3. The number of aliphatic hydroxyl groups is 1. The van der Waals surface area contributed by atoms with Crippen LogP contribution in [-0.2, 0) is 6.42 Å². The van der Waals surface area contributed by atoms with E-state index in [1.807, 2.05) is 12.1 Å². The van der Waals surface area contributed by atoms with Gasteiger partial charge in [0.1, 0.15) is 11.1 Å². The minimum absolute atomic E-state index is 0.0333. The summed E-state index contributed by atoms with van der Waals surface area (Å²) in [6, 6.07) is 3.39. The van der Waals surface area contributed by atoms with Crippen molar-refractivity contribution in [2.24, 2.45) is 17.6 Å². The number of hydrogen-bond acceptors (Lipinski definition) is 8. The van der Waals surface area contributed by atoms with Gasteiger partial charge < -0.3 is 31.2 Å². The molecule has 1 aliphatic carbocycles. The van der Waals surface area contributed by atoms with E-state index >= 15 is 0 Å². The van der Waals surface area contributed by atoms with E-state index in [9.17, 15) is 9.90 Å². The average molecular weight is 451 g/mol. The molecule has 9 heteroatoms. The van der Waals surface area contributed by atoms with Crippen molar-refractivity contribution in [3.8, 4) is 0 Å². The van der Waals surface area contributed by atoms with Gasteiger partial charge in [-0.25, -0.2) is 0 Å². The van der Waals surface area contributed by atoms with Gasteiger partial charge in [0.05, 0.1) is 23.7 Å². The number of anilines is 3. The third kappa shape index (κ3) is 4.14. The summed E-state index contributed by atoms with van der Waals surface area (Å²) in [5.74, 6) is 0.261. The first-order valence-corrected chi connectivity index (χ1v) is 11.6. The van der Waals surface area contributed by atoms with Gasteiger partial charge in [0.25, 0.3) is 5.91 Å². The number of rotatable bonds is 6. The van der Waals surface area contributed by atoms with Crippen LogP contribution in [0.3, 0.4) is 0 Å². The number of furan rings is 1. The van der Waals surface area contributed by atoms with Crippen molar-refractivity contribution in [3.63, 3.8) is 0 Å². The first-order valence-electron chi connectivity index (χ1n) is 11.6. The number of nitrogens with one attached hydrogen (secondary N) is 1. The minimum Gasteiger partial charge on any atom is -0.438 e. The Kier molecular flexibility index (Phi) is 5.67. The molecule has 3 atom stereocenters. The molecule has 1 aliphatic heterocycles. The summed E-state index contributed by atoms with van der Waals surface area (Å²) < 4.78 is 5.65. The molecule has 3 aromatic rings. The second-order valence-electron chi connectivity index (χ2n) is 9.19. The summed E-state index contributed by atoms with van der Waals surface area (Å²) in [7, 11) is 0. The van der Waals surface area contributed by atoms with Crippen LogP contribution in [0.15, 0.2) is 35.1 Å². The fraction of sp³-hybridized carbons (Fsp3) is 0.458. The lowest BCUT2D eigenvalue weighted by Gasteiger charge is -2.42. The molecule has 3 aromatic heterocycles. The fourth-order valence-corrected chi connectivity index (χ4v) is 4.89. The summed E-state index contributed by atoms with van der Waals surface area (Å²) in [6.07, 6.45) is 8.66. The zero-order valence-electron chi connectivity index (χ0n) is 18.7. The number of piperidine rings is 1. The summed E-state index contributed by atoms with van der Waals surface area (Å²) in [5, 5.41) is 13.5. The van der Waals surface area contributed by atoms with Gasteiger partial charge in [-0.15, -0.1) is 0 Å². The van der Waals surface area contributed by atoms with Gasteiger partial charge >= 0.3 is 0 Å². The van der Waals surface area contributed by atoms with E-state index in [2.05, 4.69) is 27.1 Å². The molecule has 4 heterocycles. The van der Waals surface area contributed by atoms with Gasteiger partial charge in [0.15, 0.2) is 5.58 Å². The summed E-state index contributed by atoms with van der Waals surface area (Å²) >= 11 is 0. The highest BCUT2D eigenvalue weighted by Gasteiger charge is 2.43. The molecule has 9 nitrogen and oxygen atoms in total. The Morgan fingerprint density at radius 2 is 2.15 bits per heavy atom. The molecule has 1 saturated heterocycles. The number of nitrogens with two attached hydrogens (primary N) is 2. The quantitative estimate of drug-likeness (QED) is 0.449. The number of amides is 1. The Morgan fingerprint density at radius 1 is 1.33 bits per heavy atom. The molecule has 2 fully saturated rings. The largest absolute Gasteiger partial charge is 0.438 e. The van der Waals surface area contributed by atoms with Crippen LogP contribution in [0.1, 0.15) is 42.1 Å². The molecule has 0 aromatic carbocycles. The molecular formula is C24H30N6O3. The Hall–Kier alpha value is -3.17. The summed E-state index contributed by atoms with van der Waals surface area (Å²) in [4.78, 5) is 24.0. The number of aromatic nitrogens is 2. The molecule has 1 saturated carbocycles. The number of carbonyl (C=O) groups is 1. The van der Waals surface area contributed by atoms with E-state index in [1.54, 1.807) is 18.6 Å². The molecule has 174 valence electrons. The number of aryl methyl sites for hydroxylation is 1. The number of aliphatic hydroxyl groups excluding tert-OH is 1. The lowest BCUT2D eigenvalue weighted by atomic mass is 9.87. The third-order valence-electron chi connectivity index (χ3n) is 6.73. The zero-order valence-corrected chi connectivity index (χ0v) is 18.7. The van der Waals surface area contributed by atoms with Crippen LogP contribution in [0, 0.1) is 11.8 Å². The number of nitrogen functional groups attached to an aromatic ring is 1. The number of hydrogen-bond donors (Lipinski definition) is 4. The van der Waals surface area contributed by atoms with Crippen LogP contribution in [0.4, 0.5) is 17.3 Å². The van der Waals surface area contributed by atoms with Crippen LogP contribution in [-0.4, -0.2) is 46.2 Å². The van der Waals surface area contributed by atoms with E-state index in [0.717, 1.165) is 36.9 Å². The minimum atomic E-state index is -0.505. The number of carbonyl (C=O) groups excluding carboxylic acids is 1. The molecule has 0 spiro atoms. The van der Waals surface area contributed by atoms with Gasteiger partial charge in [-0.3, -0.25) is 14.8 Å². The predicted octanol–water partition coefficient (Wildman–Crippen LogP) is 2.54. The van der Waals surface area contributed by atoms with E-state index in [-0.39, 0.29) is 23.4 Å². The predicted molar refractivity (Wildman–Crippen MR) is 127 cm³/mol. The SMILES string of the molecule is CCCc1cnc2c(C(=O)Nc3cnccc3N3CC(C4CC4)[C@@H](O)[C@H](N)C3)c(N)oc2c1. The fourth-order valence-electron chi connectivity index (χ4n) is 4.89. The van der Waals surface area contributed by atoms with Crippen molar-refractivity contribution in [1.29, 1.82) is 0 Å². The number of pyridine rings is 2. The molecule has 0 radical (unpaired) electrons. The maximum atomic E-state index is 13.3. The first-order chi connectivity index (χ1) is 16.0. The average Bonchev–Trinajstić information content (AvgIpc) is 3.58.